The number of carbonyl (C=O) groups is 1. The fourth-order valence-corrected chi connectivity index (χ4v) is 4.71. The van der Waals surface area contributed by atoms with Gasteiger partial charge in [-0.2, -0.15) is 0 Å². The van der Waals surface area contributed by atoms with Gasteiger partial charge in [0, 0.05) is 51.7 Å². The molecule has 2 aliphatic heterocycles. The molecule has 4 heteroatoms. The first-order chi connectivity index (χ1) is 13.6. The van der Waals surface area contributed by atoms with E-state index in [4.69, 9.17) is 0 Å². The lowest BCUT2D eigenvalue weighted by atomic mass is 9.86. The van der Waals surface area contributed by atoms with Crippen LogP contribution in [0.3, 0.4) is 0 Å². The molecule has 1 atom stereocenters. The number of nitrogens with zero attached hydrogens (tertiary/aromatic N) is 3. The van der Waals surface area contributed by atoms with Crippen LogP contribution in [0.25, 0.3) is 11.1 Å². The van der Waals surface area contributed by atoms with Gasteiger partial charge in [-0.1, -0.05) is 48.5 Å². The Morgan fingerprint density at radius 3 is 2.50 bits per heavy atom. The van der Waals surface area contributed by atoms with Crippen LogP contribution in [0.1, 0.15) is 24.8 Å². The predicted molar refractivity (Wildman–Crippen MR) is 114 cm³/mol. The van der Waals surface area contributed by atoms with E-state index in [0.29, 0.717) is 6.42 Å². The highest BCUT2D eigenvalue weighted by Gasteiger charge is 2.41. The zero-order chi connectivity index (χ0) is 19.6. The zero-order valence-electron chi connectivity index (χ0n) is 17.1. The minimum Gasteiger partial charge on any atom is -0.346 e. The van der Waals surface area contributed by atoms with E-state index in [0.717, 1.165) is 45.6 Å². The maximum Gasteiger partial charge on any atom is 0.222 e. The minimum atomic E-state index is 0.121. The van der Waals surface area contributed by atoms with Gasteiger partial charge in [-0.3, -0.25) is 14.6 Å². The highest BCUT2D eigenvalue weighted by Crippen LogP contribution is 2.32. The Bertz CT molecular complexity index is 822. The van der Waals surface area contributed by atoms with Crippen molar-refractivity contribution < 1.29 is 4.79 Å². The number of likely N-dealkylation sites (tertiary alicyclic amines) is 1. The molecular formula is C24H31N3O. The number of hydrogen-bond donors (Lipinski definition) is 0. The molecule has 0 N–H and O–H groups in total. The van der Waals surface area contributed by atoms with Crippen LogP contribution in [0.2, 0.25) is 0 Å². The molecule has 2 saturated heterocycles. The Labute approximate surface area is 168 Å². The maximum atomic E-state index is 12.2. The van der Waals surface area contributed by atoms with E-state index < -0.39 is 0 Å². The Morgan fingerprint density at radius 1 is 0.893 bits per heavy atom. The summed E-state index contributed by atoms with van der Waals surface area (Å²) in [4.78, 5) is 19.2. The number of carbonyl (C=O) groups excluding carboxylic acids is 1. The van der Waals surface area contributed by atoms with Crippen molar-refractivity contribution in [1.82, 2.24) is 14.7 Å². The number of likely N-dealkylation sites (N-methyl/N-ethyl adjacent to an activating group) is 1. The number of hydrogen-bond acceptors (Lipinski definition) is 3. The molecule has 4 nitrogen and oxygen atoms in total. The summed E-state index contributed by atoms with van der Waals surface area (Å²) in [7, 11) is 4.18. The van der Waals surface area contributed by atoms with Crippen molar-refractivity contribution in [2.45, 2.75) is 31.3 Å². The Morgan fingerprint density at radius 2 is 1.68 bits per heavy atom. The van der Waals surface area contributed by atoms with Crippen LogP contribution in [-0.2, 0) is 11.3 Å². The second-order valence-corrected chi connectivity index (χ2v) is 8.49. The molecule has 148 valence electrons. The van der Waals surface area contributed by atoms with Crippen molar-refractivity contribution in [2.75, 3.05) is 40.3 Å². The van der Waals surface area contributed by atoms with Gasteiger partial charge in [-0.15, -0.1) is 0 Å². The van der Waals surface area contributed by atoms with Crippen LogP contribution in [0.4, 0.5) is 0 Å². The molecule has 2 aromatic carbocycles. The van der Waals surface area contributed by atoms with Gasteiger partial charge < -0.3 is 4.90 Å². The molecule has 2 fully saturated rings. The number of piperazine rings is 1. The van der Waals surface area contributed by atoms with Crippen molar-refractivity contribution in [3.63, 3.8) is 0 Å². The topological polar surface area (TPSA) is 26.8 Å². The minimum absolute atomic E-state index is 0.121. The van der Waals surface area contributed by atoms with Crippen molar-refractivity contribution in [3.8, 4) is 11.1 Å². The van der Waals surface area contributed by atoms with Gasteiger partial charge in [0.15, 0.2) is 0 Å². The quantitative estimate of drug-likeness (QED) is 0.819. The monoisotopic (exact) mass is 377 g/mol. The molecule has 1 amide bonds. The fraction of sp³-hybridized carbons (Fsp3) is 0.458. The number of rotatable bonds is 3. The Hall–Kier alpha value is -2.17. The molecule has 28 heavy (non-hydrogen) atoms. The van der Waals surface area contributed by atoms with Crippen LogP contribution < -0.4 is 0 Å². The summed E-state index contributed by atoms with van der Waals surface area (Å²) in [5.41, 5.74) is 4.03. The van der Waals surface area contributed by atoms with E-state index in [-0.39, 0.29) is 11.4 Å². The van der Waals surface area contributed by atoms with Gasteiger partial charge in [0.2, 0.25) is 5.91 Å². The Balaban J connectivity index is 1.49. The first-order valence-corrected chi connectivity index (χ1v) is 10.4. The first kappa shape index (κ1) is 19.2. The van der Waals surface area contributed by atoms with Crippen LogP contribution in [0.5, 0.6) is 0 Å². The molecule has 0 saturated carbocycles. The van der Waals surface area contributed by atoms with Gasteiger partial charge in [-0.05, 0) is 42.6 Å². The average molecular weight is 378 g/mol. The summed E-state index contributed by atoms with van der Waals surface area (Å²) in [6.07, 6.45) is 2.69. The van der Waals surface area contributed by atoms with Crippen molar-refractivity contribution in [3.05, 3.63) is 60.2 Å². The summed E-state index contributed by atoms with van der Waals surface area (Å²) in [5, 5.41) is 0. The first-order valence-electron chi connectivity index (χ1n) is 10.4. The predicted octanol–water partition coefficient (Wildman–Crippen LogP) is 3.48. The van der Waals surface area contributed by atoms with Gasteiger partial charge in [0.05, 0.1) is 0 Å². The third-order valence-electron chi connectivity index (χ3n) is 6.66. The third-order valence-corrected chi connectivity index (χ3v) is 6.66. The standard InChI is InChI=1S/C24H31N3O/c1-25-14-13-24(12-11-23(25)28)19-27(16-15-26(24)2)18-20-7-6-10-22(17-20)21-8-4-3-5-9-21/h3-10,17H,11-16,18-19H2,1-2H3/t24-/m0/s1. The van der Waals surface area contributed by atoms with Crippen LogP contribution in [0, 0.1) is 0 Å². The van der Waals surface area contributed by atoms with Gasteiger partial charge in [-0.25, -0.2) is 0 Å². The normalized spacial score (nSPS) is 24.5. The fourth-order valence-electron chi connectivity index (χ4n) is 4.71. The molecule has 0 aromatic heterocycles. The number of amides is 1. The zero-order valence-corrected chi connectivity index (χ0v) is 17.1. The molecule has 2 heterocycles. The molecule has 0 aliphatic carbocycles. The van der Waals surface area contributed by atoms with Crippen molar-refractivity contribution in [2.24, 2.45) is 0 Å². The average Bonchev–Trinajstić information content (AvgIpc) is 2.86. The molecule has 0 bridgehead atoms. The van der Waals surface area contributed by atoms with Gasteiger partial charge in [0.25, 0.3) is 0 Å². The summed E-state index contributed by atoms with van der Waals surface area (Å²) in [6, 6.07) is 19.5. The summed E-state index contributed by atoms with van der Waals surface area (Å²) < 4.78 is 0. The molecule has 2 aliphatic rings. The van der Waals surface area contributed by atoms with E-state index in [1.54, 1.807) is 0 Å². The Kier molecular flexibility index (Phi) is 5.51. The third kappa shape index (κ3) is 3.98. The number of benzene rings is 2. The lowest BCUT2D eigenvalue weighted by Crippen LogP contribution is -2.60. The lowest BCUT2D eigenvalue weighted by molar-refractivity contribution is -0.129. The highest BCUT2D eigenvalue weighted by atomic mass is 16.2. The highest BCUT2D eigenvalue weighted by molar-refractivity contribution is 5.76. The second kappa shape index (κ2) is 8.06. The smallest absolute Gasteiger partial charge is 0.222 e. The molecule has 2 aromatic rings. The SMILES string of the molecule is CN1CC[C@@]2(CCC1=O)CN(Cc1cccc(-c3ccccc3)c1)CCN2C. The van der Waals surface area contributed by atoms with E-state index >= 15 is 0 Å². The summed E-state index contributed by atoms with van der Waals surface area (Å²) >= 11 is 0. The van der Waals surface area contributed by atoms with Crippen LogP contribution >= 0.6 is 0 Å². The lowest BCUT2D eigenvalue weighted by Gasteiger charge is -2.49. The molecule has 0 radical (unpaired) electrons. The maximum absolute atomic E-state index is 12.2. The van der Waals surface area contributed by atoms with Crippen LogP contribution in [0.15, 0.2) is 54.6 Å². The van der Waals surface area contributed by atoms with Crippen LogP contribution in [-0.4, -0.2) is 66.4 Å². The summed E-state index contributed by atoms with van der Waals surface area (Å²) in [5.74, 6) is 0.290. The molecule has 1 spiro atoms. The molecular weight excluding hydrogens is 346 g/mol. The van der Waals surface area contributed by atoms with E-state index in [2.05, 4.69) is 71.4 Å². The largest absolute Gasteiger partial charge is 0.346 e. The molecule has 4 rings (SSSR count). The van der Waals surface area contributed by atoms with Gasteiger partial charge in [0.1, 0.15) is 0 Å². The van der Waals surface area contributed by atoms with E-state index in [1.807, 2.05) is 11.9 Å². The molecule has 0 unspecified atom stereocenters. The second-order valence-electron chi connectivity index (χ2n) is 8.49. The summed E-state index contributed by atoms with van der Waals surface area (Å²) in [6.45, 7) is 5.02. The van der Waals surface area contributed by atoms with E-state index in [1.165, 1.54) is 16.7 Å². The van der Waals surface area contributed by atoms with E-state index in [9.17, 15) is 4.79 Å². The van der Waals surface area contributed by atoms with Crippen molar-refractivity contribution >= 4 is 5.91 Å². The van der Waals surface area contributed by atoms with Gasteiger partial charge >= 0.3 is 0 Å². The van der Waals surface area contributed by atoms with Crippen molar-refractivity contribution in [1.29, 1.82) is 0 Å².